The molecule has 8 saturated carbocycles. The van der Waals surface area contributed by atoms with Crippen molar-refractivity contribution < 1.29 is 74.7 Å². The van der Waals surface area contributed by atoms with Crippen LogP contribution in [0, 0.1) is 92.7 Å². The molecule has 22 atom stereocenters. The summed E-state index contributed by atoms with van der Waals surface area (Å²) in [5, 5.41) is 103. The number of nitrogens with one attached hydrogen (secondary N) is 2. The van der Waals surface area contributed by atoms with E-state index in [1.54, 1.807) is 4.90 Å². The number of hydrogen-bond acceptors (Lipinski definition) is 14. The highest BCUT2D eigenvalue weighted by molar-refractivity contribution is 5.79. The molecule has 11 N–H and O–H groups in total. The van der Waals surface area contributed by atoms with E-state index in [1.807, 2.05) is 0 Å². The lowest BCUT2D eigenvalue weighted by atomic mass is 9.43. The Morgan fingerprint density at radius 1 is 0.488 bits per heavy atom. The molecule has 8 rings (SSSR count). The van der Waals surface area contributed by atoms with Crippen LogP contribution in [-0.2, 0) is 28.8 Å². The molecular formula is C64H107N5O15. The first kappa shape index (κ1) is 66.5. The van der Waals surface area contributed by atoms with Crippen LogP contribution in [0.1, 0.15) is 170 Å². The molecule has 8 fully saturated rings. The average Bonchev–Trinajstić information content (AvgIpc) is 1.36. The first-order valence-electron chi connectivity index (χ1n) is 32.6. The van der Waals surface area contributed by atoms with Gasteiger partial charge in [0.2, 0.25) is 17.7 Å². The fourth-order valence-electron chi connectivity index (χ4n) is 20.5. The molecule has 0 bridgehead atoms. The lowest BCUT2D eigenvalue weighted by molar-refractivity contribution is -0.207. The van der Waals surface area contributed by atoms with E-state index in [9.17, 15) is 74.7 Å². The largest absolute Gasteiger partial charge is 0.480 e. The predicted molar refractivity (Wildman–Crippen MR) is 312 cm³/mol. The van der Waals surface area contributed by atoms with Gasteiger partial charge in [0.05, 0.1) is 62.8 Å². The van der Waals surface area contributed by atoms with Gasteiger partial charge < -0.3 is 61.5 Å². The normalized spacial score (nSPS) is 40.3. The molecule has 0 aliphatic heterocycles. The summed E-state index contributed by atoms with van der Waals surface area (Å²) in [6, 6.07) is 0. The second-order valence-corrected chi connectivity index (χ2v) is 29.5. The van der Waals surface area contributed by atoms with Gasteiger partial charge in [0.15, 0.2) is 0 Å². The van der Waals surface area contributed by atoms with Gasteiger partial charge in [0.1, 0.15) is 0 Å². The molecule has 0 saturated heterocycles. The summed E-state index contributed by atoms with van der Waals surface area (Å²) < 4.78 is 0. The lowest BCUT2D eigenvalue weighted by Gasteiger charge is -2.63. The Balaban J connectivity index is 0.850. The van der Waals surface area contributed by atoms with Crippen molar-refractivity contribution >= 4 is 35.6 Å². The molecule has 0 aromatic heterocycles. The summed E-state index contributed by atoms with van der Waals surface area (Å²) in [6.07, 6.45) is 11.1. The van der Waals surface area contributed by atoms with Gasteiger partial charge in [-0.3, -0.25) is 38.6 Å². The first-order chi connectivity index (χ1) is 39.6. The van der Waals surface area contributed by atoms with E-state index in [-0.39, 0.29) is 144 Å². The Morgan fingerprint density at radius 3 is 1.32 bits per heavy atom. The van der Waals surface area contributed by atoms with Crippen LogP contribution >= 0.6 is 0 Å². The van der Waals surface area contributed by atoms with Gasteiger partial charge in [0.25, 0.3) is 0 Å². The molecule has 8 aliphatic rings. The maximum absolute atomic E-state index is 14.4. The van der Waals surface area contributed by atoms with Crippen molar-refractivity contribution in [3.05, 3.63) is 0 Å². The number of aliphatic hydroxyl groups is 6. The number of hydrogen-bond donors (Lipinski definition) is 11. The summed E-state index contributed by atoms with van der Waals surface area (Å²) in [4.78, 5) is 79.7. The van der Waals surface area contributed by atoms with Crippen LogP contribution in [0.25, 0.3) is 0 Å². The van der Waals surface area contributed by atoms with E-state index in [0.29, 0.717) is 90.3 Å². The van der Waals surface area contributed by atoms with E-state index in [1.165, 1.54) is 4.90 Å². The number of carboxylic acids is 3. The standard InChI is InChI=1S/C64H107N5O15/c1-37(43-11-13-45-59-47(31-51(74)63(43,45)5)61(3)19-17-41(70)27-39(61)29-49(59)72)9-15-53(76)65-21-7-23-69(24-8-22-66-54(77)33-67(34-56(79)80)25-26-68(35-57(81)82)36-58(83)84)55(78)16-10-38(2)44-12-14-46-60-48(32-52(75)64(44,46)6)62(4)20-18-42(71)28-40(62)30-50(60)73/h37-52,59-60,70-75H,7-36H2,1-6H3,(H,65,76)(H,66,77)(H,79,80)(H,81,82)(H,83,84)/t37?,38?,39?,40?,41-,42-,43?,44?,45?,46?,47?,48?,49-,50-,51+,52+,59?,60?,61+,62+,63-,64-/m1/s1. The Labute approximate surface area is 498 Å². The predicted octanol–water partition coefficient (Wildman–Crippen LogP) is 4.44. The fourth-order valence-corrected chi connectivity index (χ4v) is 20.5. The molecule has 0 aromatic rings. The molecule has 20 nitrogen and oxygen atoms in total. The van der Waals surface area contributed by atoms with Crippen LogP contribution in [-0.4, -0.2) is 198 Å². The fraction of sp³-hybridized carbons (Fsp3) is 0.906. The molecule has 0 heterocycles. The lowest BCUT2D eigenvalue weighted by Crippen LogP contribution is -2.62. The third-order valence-corrected chi connectivity index (χ3v) is 25.1. The van der Waals surface area contributed by atoms with E-state index in [4.69, 9.17) is 0 Å². The van der Waals surface area contributed by atoms with Crippen molar-refractivity contribution in [1.29, 1.82) is 0 Å². The number of aliphatic hydroxyl groups excluding tert-OH is 6. The summed E-state index contributed by atoms with van der Waals surface area (Å²) >= 11 is 0. The van der Waals surface area contributed by atoms with Gasteiger partial charge in [-0.2, -0.15) is 0 Å². The van der Waals surface area contributed by atoms with Crippen LogP contribution in [0.2, 0.25) is 0 Å². The summed E-state index contributed by atoms with van der Waals surface area (Å²) in [7, 11) is 0. The molecule has 0 radical (unpaired) electrons. The van der Waals surface area contributed by atoms with Crippen molar-refractivity contribution in [3.8, 4) is 0 Å². The minimum absolute atomic E-state index is 0.00865. The third kappa shape index (κ3) is 14.0. The maximum Gasteiger partial charge on any atom is 0.317 e. The maximum atomic E-state index is 14.4. The minimum atomic E-state index is -1.25. The van der Waals surface area contributed by atoms with Crippen LogP contribution in [0.3, 0.4) is 0 Å². The highest BCUT2D eigenvalue weighted by Crippen LogP contribution is 2.70. The third-order valence-electron chi connectivity index (χ3n) is 25.1. The van der Waals surface area contributed by atoms with E-state index >= 15 is 0 Å². The van der Waals surface area contributed by atoms with Gasteiger partial charge in [-0.15, -0.1) is 0 Å². The minimum Gasteiger partial charge on any atom is -0.480 e. The van der Waals surface area contributed by atoms with Crippen LogP contribution < -0.4 is 10.6 Å². The topological polar surface area (TPSA) is 318 Å². The Hall–Kier alpha value is -3.50. The number of aliphatic carboxylic acids is 3. The zero-order chi connectivity index (χ0) is 61.2. The highest BCUT2D eigenvalue weighted by atomic mass is 16.4. The summed E-state index contributed by atoms with van der Waals surface area (Å²) in [6.45, 7) is 12.5. The van der Waals surface area contributed by atoms with Gasteiger partial charge in [0, 0.05) is 52.1 Å². The highest BCUT2D eigenvalue weighted by Gasteiger charge is 2.67. The van der Waals surface area contributed by atoms with Crippen LogP contribution in [0.5, 0.6) is 0 Å². The van der Waals surface area contributed by atoms with E-state index in [2.05, 4.69) is 52.2 Å². The van der Waals surface area contributed by atoms with Crippen molar-refractivity contribution in [2.75, 3.05) is 65.4 Å². The van der Waals surface area contributed by atoms with Crippen molar-refractivity contribution in [1.82, 2.24) is 25.3 Å². The molecule has 0 aromatic carbocycles. The molecule has 478 valence electrons. The van der Waals surface area contributed by atoms with Crippen LogP contribution in [0.15, 0.2) is 0 Å². The molecule has 84 heavy (non-hydrogen) atoms. The molecule has 8 aliphatic carbocycles. The summed E-state index contributed by atoms with van der Waals surface area (Å²) in [5.41, 5.74) is -0.840. The van der Waals surface area contributed by atoms with Crippen molar-refractivity contribution in [2.24, 2.45) is 92.7 Å². The number of amides is 3. The first-order valence-corrected chi connectivity index (χ1v) is 32.6. The second kappa shape index (κ2) is 27.5. The SMILES string of the molecule is CC(CCC(=O)NCCCN(CCCNC(=O)CN(CCN(CC(=O)O)CC(=O)O)CC(=O)O)C(=O)CCC(C)C1CCC2C3C(C[C@H](O)[C@]12C)[C@@]1(C)CC[C@@H](O)CC1C[C@H]3O)C1CCC2C3C(C[C@H](O)[C@]12C)[C@@]1(C)CC[C@@H](O)CC1C[C@H]3O. The number of rotatable bonds is 27. The van der Waals surface area contributed by atoms with Crippen molar-refractivity contribution in [3.63, 3.8) is 0 Å². The van der Waals surface area contributed by atoms with Crippen LogP contribution in [0.4, 0.5) is 0 Å². The molecule has 20 heteroatoms. The Kier molecular flexibility index (Phi) is 21.7. The number of carbonyl (C=O) groups excluding carboxylic acids is 3. The monoisotopic (exact) mass is 1190 g/mol. The summed E-state index contributed by atoms with van der Waals surface area (Å²) in [5.74, 6) is -2.34. The van der Waals surface area contributed by atoms with Crippen molar-refractivity contribution in [2.45, 2.75) is 207 Å². The van der Waals surface area contributed by atoms with Gasteiger partial charge in [-0.05, 0) is 208 Å². The molecule has 12 unspecified atom stereocenters. The molecular weight excluding hydrogens is 1080 g/mol. The van der Waals surface area contributed by atoms with Gasteiger partial charge in [-0.1, -0.05) is 41.5 Å². The zero-order valence-electron chi connectivity index (χ0n) is 51.4. The smallest absolute Gasteiger partial charge is 0.317 e. The number of nitrogens with zero attached hydrogens (tertiary/aromatic N) is 3. The zero-order valence-corrected chi connectivity index (χ0v) is 51.4. The van der Waals surface area contributed by atoms with Gasteiger partial charge in [-0.25, -0.2) is 0 Å². The molecule has 3 amide bonds. The molecule has 0 spiro atoms. The van der Waals surface area contributed by atoms with Gasteiger partial charge >= 0.3 is 17.9 Å². The number of carboxylic acid groups (broad SMARTS) is 3. The van der Waals surface area contributed by atoms with E-state index < -0.39 is 73.3 Å². The Morgan fingerprint density at radius 2 is 0.893 bits per heavy atom. The van der Waals surface area contributed by atoms with E-state index in [0.717, 1.165) is 56.3 Å². The second-order valence-electron chi connectivity index (χ2n) is 29.5. The number of carbonyl (C=O) groups is 6. The quantitative estimate of drug-likeness (QED) is 0.0507. The number of fused-ring (bicyclic) bond motifs is 10. The average molecular weight is 1190 g/mol. The Bertz CT molecular complexity index is 2300.